The lowest BCUT2D eigenvalue weighted by atomic mass is 9.72. The van der Waals surface area contributed by atoms with Crippen LogP contribution in [0.4, 0.5) is 4.39 Å². The van der Waals surface area contributed by atoms with Gasteiger partial charge in [-0.1, -0.05) is 79.7 Å². The minimum absolute atomic E-state index is 0.0356. The van der Waals surface area contributed by atoms with Crippen LogP contribution in [0.5, 0.6) is 11.5 Å². The highest BCUT2D eigenvalue weighted by molar-refractivity contribution is 6.04. The van der Waals surface area contributed by atoms with Crippen molar-refractivity contribution in [3.8, 4) is 11.5 Å². The third kappa shape index (κ3) is 11.2. The van der Waals surface area contributed by atoms with Gasteiger partial charge in [-0.15, -0.1) is 0 Å². The fraction of sp³-hybridized carbons (Fsp3) is 0.370. The van der Waals surface area contributed by atoms with Crippen molar-refractivity contribution in [2.75, 3.05) is 33.8 Å². The van der Waals surface area contributed by atoms with E-state index in [2.05, 4.69) is 64.2 Å². The number of likely N-dealkylation sites (N-methyl/N-ethyl adjacent to an activating group) is 1. The molecule has 70 heavy (non-hydrogen) atoms. The number of Topliss-reactive ketones (excluding diaryl/α,β-unsaturated/α-hetero) is 1. The molecule has 0 radical (unpaired) electrons. The van der Waals surface area contributed by atoms with Crippen LogP contribution in [-0.4, -0.2) is 122 Å². The first-order valence-corrected chi connectivity index (χ1v) is 23.7. The third-order valence-corrected chi connectivity index (χ3v) is 13.5. The van der Waals surface area contributed by atoms with Crippen molar-refractivity contribution >= 4 is 33.8 Å². The van der Waals surface area contributed by atoms with E-state index in [1.54, 1.807) is 17.2 Å². The van der Waals surface area contributed by atoms with Crippen molar-refractivity contribution in [2.45, 2.75) is 88.7 Å². The number of nitrogens with zero attached hydrogens (tertiary/aromatic N) is 3. The molecule has 5 aliphatic heterocycles. The molecule has 4 bridgehead atoms. The zero-order chi connectivity index (χ0) is 49.6. The lowest BCUT2D eigenvalue weighted by Gasteiger charge is -2.54. The van der Waals surface area contributed by atoms with Crippen molar-refractivity contribution in [1.82, 2.24) is 24.3 Å². The number of halogens is 1. The molecule has 5 fully saturated rings. The number of phenols is 1. The van der Waals surface area contributed by atoms with Crippen LogP contribution >= 0.6 is 0 Å². The minimum atomic E-state index is -1.37. The number of hydrogen-bond acceptors (Lipinski definition) is 12. The number of aromatic nitrogens is 3. The van der Waals surface area contributed by atoms with Crippen molar-refractivity contribution in [2.24, 2.45) is 5.92 Å². The number of benzene rings is 4. The molecule has 5 saturated heterocycles. The molecule has 11 rings (SSSR count). The summed E-state index contributed by atoms with van der Waals surface area (Å²) in [5, 5.41) is 30.1. The summed E-state index contributed by atoms with van der Waals surface area (Å²) in [6.07, 6.45) is 2.35. The van der Waals surface area contributed by atoms with E-state index in [1.165, 1.54) is 18.1 Å². The minimum Gasteiger partial charge on any atom is -0.508 e. The molecule has 6 aromatic rings. The summed E-state index contributed by atoms with van der Waals surface area (Å²) in [5.41, 5.74) is 5.19. The second-order valence-electron chi connectivity index (χ2n) is 18.5. The zero-order valence-corrected chi connectivity index (χ0v) is 39.7. The van der Waals surface area contributed by atoms with Crippen LogP contribution in [0.3, 0.4) is 0 Å². The van der Waals surface area contributed by atoms with Crippen LogP contribution in [0.1, 0.15) is 79.2 Å². The molecule has 7 heterocycles. The van der Waals surface area contributed by atoms with Gasteiger partial charge in [-0.2, -0.15) is 4.39 Å². The molecule has 0 saturated carbocycles. The Hall–Kier alpha value is -6.69. The Balaban J connectivity index is 0.000000146. The van der Waals surface area contributed by atoms with Gasteiger partial charge in [0.1, 0.15) is 42.2 Å². The summed E-state index contributed by atoms with van der Waals surface area (Å²) in [6.45, 7) is 5.81. The molecule has 5 N–H and O–H groups in total. The number of carbonyl (C=O) groups is 2. The van der Waals surface area contributed by atoms with Crippen molar-refractivity contribution in [3.05, 3.63) is 164 Å². The molecule has 0 aliphatic carbocycles. The SMILES string of the molecule is CC/C(=C(/c1ccc(OCCN(C)C)cc1)c1cccc(O)c1)c1ccccc1.C[C@H]1O[C@@H](n2cc(F)c(=O)[nH]c2=O)[C@H](O)[C@@H]1O.O=C(OC1C[C@@H]2CC3C[C@H](C1)N2CC3=O)c1c[nH]c2ccccc12. The molecular weight excluding hydrogens is 898 g/mol. The highest BCUT2D eigenvalue weighted by Gasteiger charge is 2.49. The maximum absolute atomic E-state index is 13.0. The van der Waals surface area contributed by atoms with E-state index in [-0.39, 0.29) is 23.7 Å². The van der Waals surface area contributed by atoms with Crippen LogP contribution in [0.2, 0.25) is 0 Å². The lowest BCUT2D eigenvalue weighted by Crippen LogP contribution is -2.63. The normalized spacial score (nSPS) is 24.8. The van der Waals surface area contributed by atoms with Gasteiger partial charge in [0.2, 0.25) is 5.82 Å². The largest absolute Gasteiger partial charge is 0.508 e. The number of rotatable bonds is 11. The van der Waals surface area contributed by atoms with E-state index < -0.39 is 41.6 Å². The molecule has 2 aromatic heterocycles. The number of nitrogens with one attached hydrogen (secondary N) is 2. The first-order chi connectivity index (χ1) is 33.7. The highest BCUT2D eigenvalue weighted by Crippen LogP contribution is 2.42. The number of H-pyrrole nitrogens is 2. The van der Waals surface area contributed by atoms with E-state index in [1.807, 2.05) is 68.7 Å². The monoisotopic (exact) mass is 957 g/mol. The molecule has 3 unspecified atom stereocenters. The molecule has 0 amide bonds. The molecule has 368 valence electrons. The number of ether oxygens (including phenoxy) is 3. The van der Waals surface area contributed by atoms with Gasteiger partial charge in [0, 0.05) is 54.5 Å². The number of aromatic amines is 2. The molecule has 9 atom stereocenters. The number of aromatic hydroxyl groups is 1. The Kier molecular flexibility index (Phi) is 15.6. The average molecular weight is 958 g/mol. The third-order valence-electron chi connectivity index (χ3n) is 13.5. The fourth-order valence-corrected chi connectivity index (χ4v) is 9.98. The van der Waals surface area contributed by atoms with E-state index in [4.69, 9.17) is 14.2 Å². The average Bonchev–Trinajstić information content (AvgIpc) is 3.89. The zero-order valence-electron chi connectivity index (χ0n) is 39.7. The van der Waals surface area contributed by atoms with Gasteiger partial charge in [-0.3, -0.25) is 24.0 Å². The summed E-state index contributed by atoms with van der Waals surface area (Å²) in [6, 6.07) is 34.7. The Labute approximate surface area is 404 Å². The van der Waals surface area contributed by atoms with Gasteiger partial charge < -0.3 is 39.4 Å². The number of phenolic OH excluding ortho intramolecular Hbond substituents is 1. The summed E-state index contributed by atoms with van der Waals surface area (Å²) in [5.74, 6) is 0.367. The van der Waals surface area contributed by atoms with Crippen LogP contribution in [0.25, 0.3) is 22.0 Å². The van der Waals surface area contributed by atoms with Crippen LogP contribution in [0, 0.1) is 11.7 Å². The maximum Gasteiger partial charge on any atom is 0.340 e. The number of aliphatic hydroxyl groups excluding tert-OH is 2. The van der Waals surface area contributed by atoms with Gasteiger partial charge in [0.25, 0.3) is 5.56 Å². The van der Waals surface area contributed by atoms with Crippen LogP contribution < -0.4 is 16.0 Å². The molecule has 16 heteroatoms. The highest BCUT2D eigenvalue weighted by atomic mass is 19.1. The Bertz CT molecular complexity index is 2920. The smallest absolute Gasteiger partial charge is 0.340 e. The summed E-state index contributed by atoms with van der Waals surface area (Å²) in [7, 11) is 4.07. The van der Waals surface area contributed by atoms with Crippen molar-refractivity contribution in [1.29, 1.82) is 0 Å². The number of aliphatic hydroxyl groups is 2. The summed E-state index contributed by atoms with van der Waals surface area (Å²) < 4.78 is 30.5. The van der Waals surface area contributed by atoms with Gasteiger partial charge in [0.05, 0.1) is 24.4 Å². The molecule has 4 aromatic carbocycles. The molecular formula is C54H60FN5O10. The van der Waals surface area contributed by atoms with Gasteiger partial charge in [0.15, 0.2) is 6.23 Å². The number of esters is 1. The van der Waals surface area contributed by atoms with E-state index in [0.29, 0.717) is 47.3 Å². The Morgan fingerprint density at radius 2 is 1.54 bits per heavy atom. The van der Waals surface area contributed by atoms with Gasteiger partial charge in [-0.25, -0.2) is 9.59 Å². The number of para-hydroxylation sites is 1. The first kappa shape index (κ1) is 49.7. The first-order valence-electron chi connectivity index (χ1n) is 23.7. The van der Waals surface area contributed by atoms with E-state index >= 15 is 0 Å². The van der Waals surface area contributed by atoms with Gasteiger partial charge >= 0.3 is 11.7 Å². The molecule has 0 spiro atoms. The Morgan fingerprint density at radius 1 is 0.857 bits per heavy atom. The predicted octanol–water partition coefficient (Wildman–Crippen LogP) is 6.54. The topological polar surface area (TPSA) is 200 Å². The van der Waals surface area contributed by atoms with E-state index in [9.17, 15) is 38.9 Å². The molecule has 5 aliphatic rings. The fourth-order valence-electron chi connectivity index (χ4n) is 9.98. The summed E-state index contributed by atoms with van der Waals surface area (Å²) >= 11 is 0. The van der Waals surface area contributed by atoms with Gasteiger partial charge in [-0.05, 0) is 98.4 Å². The Morgan fingerprint density at radius 3 is 2.19 bits per heavy atom. The standard InChI is InChI=1S/C26H29NO2.C19H20N2O3.C9H11FN2O5/c1-4-25(20-9-6-5-7-10-20)26(22-11-8-12-23(28)19-22)21-13-15-24(16-14-21)29-18-17-27(2)3;22-18-10-21-12-5-11(18)6-13(21)8-14(7-12)24-19(23)16-9-20-17-4-2-1-3-15(16)17;1-3-5(13)6(14)8(17-3)12-2-4(10)7(15)11-9(12)16/h5-16,19,28H,4,17-18H2,1-3H3;1-4,9,11-14,20H,5-8,10H2;2-3,5-6,8,13-14H,1H3,(H,11,15,16)/b26-25+;;/t;11?,12-,13+,14?;3-,5-,6-,8-/m..1/s1. The maximum atomic E-state index is 13.0. The quantitative estimate of drug-likeness (QED) is 0.0696. The number of carbonyl (C=O) groups excluding carboxylic acids is 2. The van der Waals surface area contributed by atoms with Crippen LogP contribution in [-0.2, 0) is 14.3 Å². The number of ketones is 1. The van der Waals surface area contributed by atoms with Crippen LogP contribution in [0.15, 0.2) is 125 Å². The number of piperidine rings is 4. The number of hydrogen-bond donors (Lipinski definition) is 5. The number of allylic oxidation sites excluding steroid dienone is 1. The van der Waals surface area contributed by atoms with Crippen molar-refractivity contribution < 1.29 is 43.5 Å². The second-order valence-corrected chi connectivity index (χ2v) is 18.5. The lowest BCUT2D eigenvalue weighted by molar-refractivity contribution is -0.145. The number of fused-ring (bicyclic) bond motifs is 2. The van der Waals surface area contributed by atoms with E-state index in [0.717, 1.165) is 72.0 Å². The molecule has 15 nitrogen and oxygen atoms in total. The second kappa shape index (κ2) is 21.9. The van der Waals surface area contributed by atoms with Crippen molar-refractivity contribution in [3.63, 3.8) is 0 Å². The predicted molar refractivity (Wildman–Crippen MR) is 263 cm³/mol. The summed E-state index contributed by atoms with van der Waals surface area (Å²) in [4.78, 5) is 56.0.